The third-order valence-corrected chi connectivity index (χ3v) is 5.03. The van der Waals surface area contributed by atoms with Crippen LogP contribution in [0.5, 0.6) is 0 Å². The van der Waals surface area contributed by atoms with Crippen molar-refractivity contribution in [3.05, 3.63) is 28.8 Å². The highest BCUT2D eigenvalue weighted by Crippen LogP contribution is 2.30. The van der Waals surface area contributed by atoms with Crippen LogP contribution in [0.2, 0.25) is 0 Å². The molecule has 0 amide bonds. The summed E-state index contributed by atoms with van der Waals surface area (Å²) in [5, 5.41) is 0. The molecule has 0 saturated carbocycles. The van der Waals surface area contributed by atoms with Crippen LogP contribution in [0.15, 0.2) is 17.0 Å². The fraction of sp³-hybridized carbons (Fsp3) is 0.417. The maximum Gasteiger partial charge on any atom is 0.338 e. The number of carbonyl (C=O) groups is 1. The maximum atomic E-state index is 12.1. The summed E-state index contributed by atoms with van der Waals surface area (Å²) in [6.45, 7) is 3.45. The summed E-state index contributed by atoms with van der Waals surface area (Å²) in [5.74, 6) is -0.537. The predicted octanol–water partition coefficient (Wildman–Crippen LogP) is 1.43. The van der Waals surface area contributed by atoms with Gasteiger partial charge in [-0.05, 0) is 31.0 Å². The molecule has 0 aliphatic carbocycles. The predicted molar refractivity (Wildman–Crippen MR) is 64.0 cm³/mol. The van der Waals surface area contributed by atoms with Gasteiger partial charge >= 0.3 is 5.97 Å². The van der Waals surface area contributed by atoms with Gasteiger partial charge in [-0.25, -0.2) is 13.2 Å². The van der Waals surface area contributed by atoms with Gasteiger partial charge in [0.15, 0.2) is 5.44 Å². The summed E-state index contributed by atoms with van der Waals surface area (Å²) in [6, 6.07) is 3.04. The zero-order chi connectivity index (χ0) is 13.5. The first kappa shape index (κ1) is 13.0. The van der Waals surface area contributed by atoms with Crippen molar-refractivity contribution < 1.29 is 22.7 Å². The van der Waals surface area contributed by atoms with Gasteiger partial charge in [-0.3, -0.25) is 0 Å². The molecule has 18 heavy (non-hydrogen) atoms. The van der Waals surface area contributed by atoms with Crippen molar-refractivity contribution in [3.63, 3.8) is 0 Å². The number of sulfone groups is 1. The zero-order valence-electron chi connectivity index (χ0n) is 10.4. The lowest BCUT2D eigenvalue weighted by Crippen LogP contribution is -2.28. The average Bonchev–Trinajstić information content (AvgIpc) is 2.33. The number of hydrogen-bond acceptors (Lipinski definition) is 5. The highest BCUT2D eigenvalue weighted by Gasteiger charge is 2.32. The maximum absolute atomic E-state index is 12.1. The van der Waals surface area contributed by atoms with E-state index < -0.39 is 21.2 Å². The fourth-order valence-electron chi connectivity index (χ4n) is 1.93. The minimum Gasteiger partial charge on any atom is -0.465 e. The molecular formula is C12H14O5S. The molecule has 0 aromatic heterocycles. The summed E-state index contributed by atoms with van der Waals surface area (Å²) < 4.78 is 34.0. The molecule has 1 aromatic rings. The monoisotopic (exact) mass is 270 g/mol. The molecule has 0 N–H and O–H groups in total. The SMILES string of the molecule is COC(=O)c1cc2c(cc1C)COC(C)S2(=O)=O. The lowest BCUT2D eigenvalue weighted by atomic mass is 10.1. The second-order valence-corrected chi connectivity index (χ2v) is 6.38. The minimum absolute atomic E-state index is 0.159. The molecule has 6 heteroatoms. The highest BCUT2D eigenvalue weighted by atomic mass is 32.2. The number of benzene rings is 1. The van der Waals surface area contributed by atoms with Gasteiger partial charge in [0.05, 0.1) is 24.2 Å². The van der Waals surface area contributed by atoms with Crippen LogP contribution in [0, 0.1) is 6.92 Å². The van der Waals surface area contributed by atoms with Gasteiger partial charge in [0, 0.05) is 0 Å². The smallest absolute Gasteiger partial charge is 0.338 e. The number of fused-ring (bicyclic) bond motifs is 1. The normalized spacial score (nSPS) is 21.2. The Labute approximate surface area is 106 Å². The third-order valence-electron chi connectivity index (χ3n) is 3.03. The fourth-order valence-corrected chi connectivity index (χ4v) is 3.30. The number of methoxy groups -OCH3 is 1. The molecule has 1 atom stereocenters. The van der Waals surface area contributed by atoms with E-state index in [0.29, 0.717) is 11.1 Å². The van der Waals surface area contributed by atoms with Crippen LogP contribution in [0.4, 0.5) is 0 Å². The van der Waals surface area contributed by atoms with Gasteiger partial charge < -0.3 is 9.47 Å². The number of esters is 1. The molecule has 0 fully saturated rings. The Kier molecular flexibility index (Phi) is 3.16. The Balaban J connectivity index is 2.67. The van der Waals surface area contributed by atoms with E-state index in [1.165, 1.54) is 20.1 Å². The van der Waals surface area contributed by atoms with Crippen LogP contribution in [-0.4, -0.2) is 26.9 Å². The topological polar surface area (TPSA) is 69.7 Å². The zero-order valence-corrected chi connectivity index (χ0v) is 11.2. The molecule has 2 rings (SSSR count). The van der Waals surface area contributed by atoms with Gasteiger partial charge in [0.1, 0.15) is 0 Å². The van der Waals surface area contributed by atoms with Crippen LogP contribution >= 0.6 is 0 Å². The molecule has 1 unspecified atom stereocenters. The number of carbonyl (C=O) groups excluding carboxylic acids is 1. The van der Waals surface area contributed by atoms with E-state index in [-0.39, 0.29) is 17.1 Å². The standard InChI is InChI=1S/C12H14O5S/c1-7-4-9-6-17-8(2)18(14,15)11(9)5-10(7)12(13)16-3/h4-5,8H,6H2,1-3H3. The van der Waals surface area contributed by atoms with Crippen molar-refractivity contribution in [2.75, 3.05) is 7.11 Å². The van der Waals surface area contributed by atoms with E-state index >= 15 is 0 Å². The van der Waals surface area contributed by atoms with Crippen LogP contribution in [0.1, 0.15) is 28.4 Å². The van der Waals surface area contributed by atoms with E-state index in [9.17, 15) is 13.2 Å². The Morgan fingerprint density at radius 2 is 2.11 bits per heavy atom. The summed E-state index contributed by atoms with van der Waals surface area (Å²) >= 11 is 0. The van der Waals surface area contributed by atoms with Crippen molar-refractivity contribution in [1.82, 2.24) is 0 Å². The molecule has 1 aliphatic heterocycles. The van der Waals surface area contributed by atoms with Gasteiger partial charge in [0.25, 0.3) is 0 Å². The molecule has 5 nitrogen and oxygen atoms in total. The van der Waals surface area contributed by atoms with Gasteiger partial charge in [-0.1, -0.05) is 6.07 Å². The quantitative estimate of drug-likeness (QED) is 0.722. The number of aryl methyl sites for hydroxylation is 1. The molecule has 1 aromatic carbocycles. The summed E-state index contributed by atoms with van der Waals surface area (Å²) in [6.07, 6.45) is 0. The van der Waals surface area contributed by atoms with Crippen molar-refractivity contribution in [1.29, 1.82) is 0 Å². The van der Waals surface area contributed by atoms with Gasteiger partial charge in [0.2, 0.25) is 9.84 Å². The number of ether oxygens (including phenoxy) is 2. The van der Waals surface area contributed by atoms with Crippen LogP contribution in [-0.2, 0) is 25.9 Å². The Morgan fingerprint density at radius 1 is 1.44 bits per heavy atom. The van der Waals surface area contributed by atoms with Gasteiger partial charge in [-0.15, -0.1) is 0 Å². The highest BCUT2D eigenvalue weighted by molar-refractivity contribution is 7.92. The van der Waals surface area contributed by atoms with E-state index in [2.05, 4.69) is 4.74 Å². The first-order valence-corrected chi connectivity index (χ1v) is 7.00. The Morgan fingerprint density at radius 3 is 2.72 bits per heavy atom. The molecule has 1 heterocycles. The average molecular weight is 270 g/mol. The molecule has 0 spiro atoms. The Hall–Kier alpha value is -1.40. The molecule has 98 valence electrons. The van der Waals surface area contributed by atoms with Crippen LogP contribution in [0.3, 0.4) is 0 Å². The number of rotatable bonds is 1. The molecule has 0 bridgehead atoms. The molecule has 1 aliphatic rings. The third kappa shape index (κ3) is 1.91. The lowest BCUT2D eigenvalue weighted by Gasteiger charge is -2.23. The van der Waals surface area contributed by atoms with Crippen LogP contribution in [0.25, 0.3) is 0 Å². The van der Waals surface area contributed by atoms with Crippen molar-refractivity contribution in [2.45, 2.75) is 30.8 Å². The molecular weight excluding hydrogens is 256 g/mol. The van der Waals surface area contributed by atoms with E-state index in [4.69, 9.17) is 4.74 Å². The number of hydrogen-bond donors (Lipinski definition) is 0. The van der Waals surface area contributed by atoms with E-state index in [1.54, 1.807) is 13.0 Å². The van der Waals surface area contributed by atoms with Crippen molar-refractivity contribution >= 4 is 15.8 Å². The second kappa shape index (κ2) is 4.37. The van der Waals surface area contributed by atoms with Crippen molar-refractivity contribution in [2.24, 2.45) is 0 Å². The second-order valence-electron chi connectivity index (χ2n) is 4.19. The van der Waals surface area contributed by atoms with Gasteiger partial charge in [-0.2, -0.15) is 0 Å². The first-order valence-electron chi connectivity index (χ1n) is 5.45. The van der Waals surface area contributed by atoms with E-state index in [0.717, 1.165) is 0 Å². The Bertz CT molecular complexity index is 603. The minimum atomic E-state index is -3.53. The largest absolute Gasteiger partial charge is 0.465 e. The summed E-state index contributed by atoms with van der Waals surface area (Å²) in [7, 11) is -2.27. The van der Waals surface area contributed by atoms with Crippen LogP contribution < -0.4 is 0 Å². The molecule has 0 radical (unpaired) electrons. The lowest BCUT2D eigenvalue weighted by molar-refractivity contribution is 0.0598. The summed E-state index contributed by atoms with van der Waals surface area (Å²) in [4.78, 5) is 11.7. The van der Waals surface area contributed by atoms with Crippen molar-refractivity contribution in [3.8, 4) is 0 Å². The molecule has 0 saturated heterocycles. The van der Waals surface area contributed by atoms with E-state index in [1.807, 2.05) is 0 Å². The summed E-state index contributed by atoms with van der Waals surface area (Å²) in [5.41, 5.74) is 0.638. The first-order chi connectivity index (χ1) is 8.37.